The van der Waals surface area contributed by atoms with Crippen molar-refractivity contribution < 1.29 is 16.8 Å². The van der Waals surface area contributed by atoms with Gasteiger partial charge in [0, 0.05) is 13.1 Å². The first-order valence-corrected chi connectivity index (χ1v) is 8.85. The molecule has 0 aliphatic rings. The van der Waals surface area contributed by atoms with E-state index in [2.05, 4.69) is 6.58 Å². The molecule has 0 saturated carbocycles. The second-order valence-corrected chi connectivity index (χ2v) is 7.90. The molecule has 1 rings (SSSR count). The molecule has 1 aromatic carbocycles. The van der Waals surface area contributed by atoms with E-state index in [1.165, 1.54) is 28.6 Å². The minimum absolute atomic E-state index is 0.0213. The van der Waals surface area contributed by atoms with Crippen molar-refractivity contribution in [2.24, 2.45) is 5.14 Å². The molecule has 0 aliphatic heterocycles. The zero-order valence-electron chi connectivity index (χ0n) is 11.4. The zero-order valence-corrected chi connectivity index (χ0v) is 13.0. The monoisotopic (exact) mass is 318 g/mol. The summed E-state index contributed by atoms with van der Waals surface area (Å²) in [5.41, 5.74) is 0.719. The molecule has 112 valence electrons. The van der Waals surface area contributed by atoms with Crippen molar-refractivity contribution >= 4 is 20.0 Å². The van der Waals surface area contributed by atoms with Gasteiger partial charge in [0.2, 0.25) is 20.0 Å². The lowest BCUT2D eigenvalue weighted by Gasteiger charge is -2.20. The summed E-state index contributed by atoms with van der Waals surface area (Å²) in [6.07, 6.45) is 0. The Morgan fingerprint density at radius 2 is 1.60 bits per heavy atom. The number of rotatable bonds is 6. The third-order valence-corrected chi connectivity index (χ3v) is 5.45. The van der Waals surface area contributed by atoms with Gasteiger partial charge in [-0.25, -0.2) is 22.0 Å². The second kappa shape index (κ2) is 6.04. The highest BCUT2D eigenvalue weighted by atomic mass is 32.2. The predicted octanol–water partition coefficient (Wildman–Crippen LogP) is 0.921. The van der Waals surface area contributed by atoms with Crippen molar-refractivity contribution in [1.82, 2.24) is 4.31 Å². The van der Waals surface area contributed by atoms with Crippen LogP contribution in [-0.2, 0) is 20.0 Å². The molecule has 6 nitrogen and oxygen atoms in total. The average Bonchev–Trinajstić information content (AvgIpc) is 2.34. The van der Waals surface area contributed by atoms with Gasteiger partial charge in [0.15, 0.2) is 0 Å². The first-order chi connectivity index (χ1) is 9.09. The Hall–Kier alpha value is -1.22. The van der Waals surface area contributed by atoms with Crippen LogP contribution in [0.2, 0.25) is 0 Å². The Morgan fingerprint density at radius 3 is 1.95 bits per heavy atom. The van der Waals surface area contributed by atoms with Crippen LogP contribution in [0.1, 0.15) is 13.8 Å². The fraction of sp³-hybridized carbons (Fsp3) is 0.333. The summed E-state index contributed by atoms with van der Waals surface area (Å²) in [4.78, 5) is -0.104. The summed E-state index contributed by atoms with van der Waals surface area (Å²) in [7, 11) is -7.50. The highest BCUT2D eigenvalue weighted by Gasteiger charge is 2.23. The molecule has 0 aliphatic carbocycles. The second-order valence-electron chi connectivity index (χ2n) is 4.40. The Kier molecular flexibility index (Phi) is 5.09. The van der Waals surface area contributed by atoms with Gasteiger partial charge in [-0.2, -0.15) is 4.31 Å². The van der Waals surface area contributed by atoms with Crippen LogP contribution in [0.5, 0.6) is 0 Å². The van der Waals surface area contributed by atoms with E-state index >= 15 is 0 Å². The first kappa shape index (κ1) is 16.8. The Labute approximate surface area is 120 Å². The van der Waals surface area contributed by atoms with Gasteiger partial charge in [0.1, 0.15) is 0 Å². The molecule has 0 spiro atoms. The molecule has 0 saturated heterocycles. The molecule has 1 aromatic rings. The molecular weight excluding hydrogens is 300 g/mol. The van der Waals surface area contributed by atoms with Crippen LogP contribution in [0.15, 0.2) is 46.2 Å². The van der Waals surface area contributed by atoms with Crippen molar-refractivity contribution in [1.29, 1.82) is 0 Å². The smallest absolute Gasteiger partial charge is 0.225 e. The molecule has 0 amide bonds. The van der Waals surface area contributed by atoms with Gasteiger partial charge in [-0.3, -0.25) is 0 Å². The average molecular weight is 318 g/mol. The number of nitrogens with two attached hydrogens (primary N) is 1. The zero-order chi connectivity index (χ0) is 15.6. The summed E-state index contributed by atoms with van der Waals surface area (Å²) in [5.74, 6) is 0. The molecule has 2 N–H and O–H groups in total. The maximum Gasteiger partial charge on any atom is 0.243 e. The Balaban J connectivity index is 3.19. The number of hydrogen-bond acceptors (Lipinski definition) is 4. The normalized spacial score (nSPS) is 12.6. The van der Waals surface area contributed by atoms with Crippen LogP contribution in [0, 0.1) is 0 Å². The van der Waals surface area contributed by atoms with Crippen LogP contribution in [0.25, 0.3) is 0 Å². The van der Waals surface area contributed by atoms with Gasteiger partial charge < -0.3 is 0 Å². The fourth-order valence-electron chi connectivity index (χ4n) is 1.62. The SMILES string of the molecule is C=C(C)CN(CC)S(=O)(=O)c1ccc(S(N)(=O)=O)cc1. The largest absolute Gasteiger partial charge is 0.243 e. The fourth-order valence-corrected chi connectivity index (χ4v) is 3.64. The number of likely N-dealkylation sites (N-methyl/N-ethyl adjacent to an activating group) is 1. The van der Waals surface area contributed by atoms with Crippen molar-refractivity contribution in [3.8, 4) is 0 Å². The van der Waals surface area contributed by atoms with Crippen molar-refractivity contribution in [2.75, 3.05) is 13.1 Å². The van der Waals surface area contributed by atoms with E-state index in [1.54, 1.807) is 13.8 Å². The summed E-state index contributed by atoms with van der Waals surface area (Å²) < 4.78 is 48.3. The van der Waals surface area contributed by atoms with E-state index in [4.69, 9.17) is 5.14 Å². The highest BCUT2D eigenvalue weighted by molar-refractivity contribution is 7.89. The number of sulfonamides is 2. The third-order valence-electron chi connectivity index (χ3n) is 2.59. The molecule has 0 radical (unpaired) electrons. The molecular formula is C12H18N2O4S2. The molecule has 0 bridgehead atoms. The maximum atomic E-state index is 12.4. The minimum atomic E-state index is -3.83. The van der Waals surface area contributed by atoms with Crippen molar-refractivity contribution in [2.45, 2.75) is 23.6 Å². The van der Waals surface area contributed by atoms with Crippen LogP contribution in [0.3, 0.4) is 0 Å². The highest BCUT2D eigenvalue weighted by Crippen LogP contribution is 2.18. The standard InChI is InChI=1S/C12H18N2O4S2/c1-4-14(9-10(2)3)20(17,18)12-7-5-11(6-8-12)19(13,15)16/h5-8H,2,4,9H2,1,3H3,(H2,13,15,16). The van der Waals surface area contributed by atoms with Gasteiger partial charge in [0.25, 0.3) is 0 Å². The van der Waals surface area contributed by atoms with E-state index in [0.717, 1.165) is 5.57 Å². The molecule has 8 heteroatoms. The van der Waals surface area contributed by atoms with Gasteiger partial charge in [0.05, 0.1) is 9.79 Å². The third kappa shape index (κ3) is 3.89. The van der Waals surface area contributed by atoms with E-state index < -0.39 is 20.0 Å². The van der Waals surface area contributed by atoms with Crippen LogP contribution in [0.4, 0.5) is 0 Å². The Morgan fingerprint density at radius 1 is 1.15 bits per heavy atom. The van der Waals surface area contributed by atoms with Crippen LogP contribution < -0.4 is 5.14 Å². The number of nitrogens with zero attached hydrogens (tertiary/aromatic N) is 1. The quantitative estimate of drug-likeness (QED) is 0.789. The lowest BCUT2D eigenvalue weighted by Crippen LogP contribution is -2.32. The minimum Gasteiger partial charge on any atom is -0.225 e. The van der Waals surface area contributed by atoms with E-state index in [1.807, 2.05) is 0 Å². The molecule has 0 aromatic heterocycles. The Bertz CT molecular complexity index is 691. The summed E-state index contributed by atoms with van der Waals surface area (Å²) in [6, 6.07) is 4.82. The number of primary sulfonamides is 1. The van der Waals surface area contributed by atoms with Gasteiger partial charge >= 0.3 is 0 Å². The predicted molar refractivity (Wildman–Crippen MR) is 77.1 cm³/mol. The van der Waals surface area contributed by atoms with Crippen molar-refractivity contribution in [3.05, 3.63) is 36.4 Å². The summed E-state index contributed by atoms with van der Waals surface area (Å²) in [5, 5.41) is 4.97. The van der Waals surface area contributed by atoms with Crippen LogP contribution >= 0.6 is 0 Å². The van der Waals surface area contributed by atoms with Gasteiger partial charge in [-0.1, -0.05) is 19.1 Å². The topological polar surface area (TPSA) is 97.5 Å². The van der Waals surface area contributed by atoms with E-state index in [0.29, 0.717) is 6.54 Å². The summed E-state index contributed by atoms with van der Waals surface area (Å²) >= 11 is 0. The number of hydrogen-bond donors (Lipinski definition) is 1. The van der Waals surface area contributed by atoms with Crippen LogP contribution in [-0.4, -0.2) is 34.2 Å². The molecule has 0 fully saturated rings. The molecule has 0 heterocycles. The van der Waals surface area contributed by atoms with Gasteiger partial charge in [-0.15, -0.1) is 0 Å². The van der Waals surface area contributed by atoms with E-state index in [-0.39, 0.29) is 16.3 Å². The van der Waals surface area contributed by atoms with Crippen molar-refractivity contribution in [3.63, 3.8) is 0 Å². The lowest BCUT2D eigenvalue weighted by molar-refractivity contribution is 0.453. The van der Waals surface area contributed by atoms with E-state index in [9.17, 15) is 16.8 Å². The summed E-state index contributed by atoms with van der Waals surface area (Å²) in [6.45, 7) is 7.67. The molecule has 0 atom stereocenters. The first-order valence-electron chi connectivity index (χ1n) is 5.86. The maximum absolute atomic E-state index is 12.4. The van der Waals surface area contributed by atoms with Gasteiger partial charge in [-0.05, 0) is 31.2 Å². The lowest BCUT2D eigenvalue weighted by atomic mass is 10.3. The number of benzene rings is 1. The molecule has 20 heavy (non-hydrogen) atoms. The molecule has 0 unspecified atom stereocenters.